The van der Waals surface area contributed by atoms with E-state index in [1.54, 1.807) is 18.4 Å². The van der Waals surface area contributed by atoms with Crippen molar-refractivity contribution < 1.29 is 4.74 Å². The summed E-state index contributed by atoms with van der Waals surface area (Å²) < 4.78 is 5.17. The van der Waals surface area contributed by atoms with Gasteiger partial charge in [-0.15, -0.1) is 11.3 Å². The van der Waals surface area contributed by atoms with Gasteiger partial charge in [0, 0.05) is 7.11 Å². The molecule has 0 aliphatic heterocycles. The van der Waals surface area contributed by atoms with Crippen molar-refractivity contribution in [3.8, 4) is 0 Å². The number of nitrogens with two attached hydrogens (primary N) is 1. The molecular weight excluding hydrogens is 236 g/mol. The number of nitrogens with one attached hydrogen (secondary N) is 1. The highest BCUT2D eigenvalue weighted by Crippen LogP contribution is 2.27. The van der Waals surface area contributed by atoms with Crippen molar-refractivity contribution in [2.45, 2.75) is 19.4 Å². The Kier molecular flexibility index (Phi) is 3.17. The van der Waals surface area contributed by atoms with E-state index in [1.165, 1.54) is 0 Å². The highest BCUT2D eigenvalue weighted by Gasteiger charge is 2.19. The van der Waals surface area contributed by atoms with E-state index in [2.05, 4.69) is 15.3 Å². The lowest BCUT2D eigenvalue weighted by Gasteiger charge is -2.26. The van der Waals surface area contributed by atoms with Gasteiger partial charge in [-0.3, -0.25) is 0 Å². The highest BCUT2D eigenvalue weighted by atomic mass is 32.1. The van der Waals surface area contributed by atoms with Gasteiger partial charge in [-0.1, -0.05) is 0 Å². The Morgan fingerprint density at radius 2 is 2.24 bits per heavy atom. The first-order valence-electron chi connectivity index (χ1n) is 5.30. The van der Waals surface area contributed by atoms with Crippen LogP contribution in [0.5, 0.6) is 0 Å². The zero-order valence-corrected chi connectivity index (χ0v) is 11.0. The van der Waals surface area contributed by atoms with Gasteiger partial charge in [0.1, 0.15) is 10.6 Å². The molecule has 0 spiro atoms. The molecule has 92 valence electrons. The predicted molar refractivity (Wildman–Crippen MR) is 71.4 cm³/mol. The number of ether oxygens (including phenoxy) is 1. The lowest BCUT2D eigenvalue weighted by molar-refractivity contribution is 0.158. The van der Waals surface area contributed by atoms with Gasteiger partial charge in [-0.25, -0.2) is 4.98 Å². The molecule has 0 radical (unpaired) electrons. The number of nitrogens with zero attached hydrogens (tertiary/aromatic N) is 2. The number of rotatable bonds is 4. The first-order valence-corrected chi connectivity index (χ1v) is 6.18. The first-order chi connectivity index (χ1) is 8.02. The summed E-state index contributed by atoms with van der Waals surface area (Å²) >= 11 is 1.55. The molecule has 0 aromatic carbocycles. The zero-order valence-electron chi connectivity index (χ0n) is 10.2. The molecule has 0 aliphatic carbocycles. The second-order valence-electron chi connectivity index (χ2n) is 4.51. The largest absolute Gasteiger partial charge is 0.382 e. The van der Waals surface area contributed by atoms with Crippen LogP contribution < -0.4 is 11.1 Å². The fraction of sp³-hybridized carbons (Fsp3) is 0.455. The van der Waals surface area contributed by atoms with Crippen LogP contribution in [0.15, 0.2) is 11.4 Å². The summed E-state index contributed by atoms with van der Waals surface area (Å²) in [6.45, 7) is 4.68. The quantitative estimate of drug-likeness (QED) is 0.872. The average molecular weight is 252 g/mol. The summed E-state index contributed by atoms with van der Waals surface area (Å²) in [7, 11) is 1.68. The van der Waals surface area contributed by atoms with Crippen LogP contribution >= 0.6 is 11.3 Å². The summed E-state index contributed by atoms with van der Waals surface area (Å²) in [6.07, 6.45) is 0. The minimum Gasteiger partial charge on any atom is -0.382 e. The zero-order chi connectivity index (χ0) is 12.5. The monoisotopic (exact) mass is 252 g/mol. The van der Waals surface area contributed by atoms with Crippen molar-refractivity contribution in [3.05, 3.63) is 11.4 Å². The lowest BCUT2D eigenvalue weighted by atomic mass is 10.1. The van der Waals surface area contributed by atoms with Crippen LogP contribution in [0, 0.1) is 0 Å². The number of aromatic nitrogens is 2. The number of nitrogen functional groups attached to an aromatic ring is 1. The van der Waals surface area contributed by atoms with Gasteiger partial charge in [0.15, 0.2) is 0 Å². The van der Waals surface area contributed by atoms with E-state index >= 15 is 0 Å². The van der Waals surface area contributed by atoms with Gasteiger partial charge in [-0.2, -0.15) is 4.98 Å². The van der Waals surface area contributed by atoms with E-state index in [9.17, 15) is 0 Å². The van der Waals surface area contributed by atoms with E-state index in [0.29, 0.717) is 6.61 Å². The van der Waals surface area contributed by atoms with Crippen molar-refractivity contribution in [3.63, 3.8) is 0 Å². The predicted octanol–water partition coefficient (Wildman–Crippen LogP) is 2.11. The van der Waals surface area contributed by atoms with Crippen LogP contribution in [0.4, 0.5) is 11.8 Å². The summed E-state index contributed by atoms with van der Waals surface area (Å²) in [5, 5.41) is 6.31. The topological polar surface area (TPSA) is 73.1 Å². The first kappa shape index (κ1) is 12.1. The molecule has 0 fully saturated rings. The Morgan fingerprint density at radius 1 is 1.47 bits per heavy atom. The van der Waals surface area contributed by atoms with E-state index in [-0.39, 0.29) is 11.5 Å². The van der Waals surface area contributed by atoms with E-state index in [1.807, 2.05) is 25.3 Å². The van der Waals surface area contributed by atoms with Gasteiger partial charge in [0.2, 0.25) is 5.95 Å². The van der Waals surface area contributed by atoms with Crippen LogP contribution in [-0.2, 0) is 4.74 Å². The summed E-state index contributed by atoms with van der Waals surface area (Å²) in [4.78, 5) is 9.33. The van der Waals surface area contributed by atoms with Gasteiger partial charge in [0.25, 0.3) is 0 Å². The van der Waals surface area contributed by atoms with Gasteiger partial charge in [0.05, 0.1) is 17.5 Å². The molecule has 2 aromatic heterocycles. The van der Waals surface area contributed by atoms with Crippen molar-refractivity contribution in [2.75, 3.05) is 24.8 Å². The van der Waals surface area contributed by atoms with E-state index in [4.69, 9.17) is 10.5 Å². The number of hydrogen-bond acceptors (Lipinski definition) is 6. The number of hydrogen-bond donors (Lipinski definition) is 2. The third kappa shape index (κ3) is 2.65. The minimum absolute atomic E-state index is 0.204. The third-order valence-corrected chi connectivity index (χ3v) is 3.11. The van der Waals surface area contributed by atoms with Crippen molar-refractivity contribution in [1.82, 2.24) is 9.97 Å². The Labute approximate surface area is 104 Å². The molecule has 2 rings (SSSR count). The molecule has 0 amide bonds. The van der Waals surface area contributed by atoms with E-state index < -0.39 is 0 Å². The molecule has 17 heavy (non-hydrogen) atoms. The summed E-state index contributed by atoms with van der Waals surface area (Å²) in [5.41, 5.74) is 5.49. The number of methoxy groups -OCH3 is 1. The van der Waals surface area contributed by atoms with Crippen LogP contribution in [0.2, 0.25) is 0 Å². The van der Waals surface area contributed by atoms with Crippen LogP contribution in [-0.4, -0.2) is 29.2 Å². The second-order valence-corrected chi connectivity index (χ2v) is 5.41. The maximum atomic E-state index is 5.69. The minimum atomic E-state index is -0.204. The van der Waals surface area contributed by atoms with Gasteiger partial charge < -0.3 is 15.8 Å². The maximum Gasteiger partial charge on any atom is 0.223 e. The van der Waals surface area contributed by atoms with Crippen LogP contribution in [0.25, 0.3) is 10.2 Å². The third-order valence-electron chi connectivity index (χ3n) is 2.30. The SMILES string of the molecule is COCC(C)(C)Nc1nc(N)nc2sccc12. The Morgan fingerprint density at radius 3 is 2.94 bits per heavy atom. The van der Waals surface area contributed by atoms with Crippen molar-refractivity contribution in [2.24, 2.45) is 0 Å². The standard InChI is InChI=1S/C11H16N4OS/c1-11(2,6-16-3)15-8-7-4-5-17-9(7)14-10(12)13-8/h4-5H,6H2,1-3H3,(H3,12,13,14,15). The van der Waals surface area contributed by atoms with E-state index in [0.717, 1.165) is 16.0 Å². The molecule has 0 unspecified atom stereocenters. The molecule has 3 N–H and O–H groups in total. The molecule has 0 atom stereocenters. The van der Waals surface area contributed by atoms with Gasteiger partial charge in [-0.05, 0) is 25.3 Å². The van der Waals surface area contributed by atoms with Crippen LogP contribution in [0.3, 0.4) is 0 Å². The fourth-order valence-corrected chi connectivity index (χ4v) is 2.46. The number of thiophene rings is 1. The molecule has 2 aromatic rings. The summed E-state index contributed by atoms with van der Waals surface area (Å²) in [6, 6.07) is 1.99. The molecule has 0 bridgehead atoms. The van der Waals surface area contributed by atoms with Gasteiger partial charge >= 0.3 is 0 Å². The van der Waals surface area contributed by atoms with Crippen molar-refractivity contribution in [1.29, 1.82) is 0 Å². The molecule has 6 heteroatoms. The summed E-state index contributed by atoms with van der Waals surface area (Å²) in [5.74, 6) is 1.05. The Balaban J connectivity index is 2.37. The highest BCUT2D eigenvalue weighted by molar-refractivity contribution is 7.16. The normalized spacial score (nSPS) is 11.9. The van der Waals surface area contributed by atoms with Crippen molar-refractivity contribution >= 4 is 33.3 Å². The molecule has 2 heterocycles. The number of anilines is 2. The molecule has 0 saturated heterocycles. The Bertz CT molecular complexity index is 523. The maximum absolute atomic E-state index is 5.69. The molecule has 0 saturated carbocycles. The smallest absolute Gasteiger partial charge is 0.223 e. The lowest BCUT2D eigenvalue weighted by Crippen LogP contribution is -2.36. The Hall–Kier alpha value is -1.40. The molecule has 0 aliphatic rings. The number of fused-ring (bicyclic) bond motifs is 1. The molecule has 5 nitrogen and oxygen atoms in total. The van der Waals surface area contributed by atoms with Crippen LogP contribution in [0.1, 0.15) is 13.8 Å². The molecular formula is C11H16N4OS. The second kappa shape index (κ2) is 4.46. The average Bonchev–Trinajstić information content (AvgIpc) is 2.64. The fourth-order valence-electron chi connectivity index (χ4n) is 1.68.